The molecule has 1 aromatic rings. The van der Waals surface area contributed by atoms with Gasteiger partial charge in [-0.2, -0.15) is 0 Å². The van der Waals surface area contributed by atoms with Gasteiger partial charge in [-0.05, 0) is 25.5 Å². The Morgan fingerprint density at radius 1 is 1.62 bits per heavy atom. The fraction of sp³-hybridized carbons (Fsp3) is 0.545. The summed E-state index contributed by atoms with van der Waals surface area (Å²) in [7, 11) is 1.63. The Bertz CT molecular complexity index is 363. The lowest BCUT2D eigenvalue weighted by atomic mass is 10.1. The maximum Gasteiger partial charge on any atom is 0.239 e. The van der Waals surface area contributed by atoms with E-state index in [0.717, 1.165) is 10.4 Å². The van der Waals surface area contributed by atoms with Crippen LogP contribution < -0.4 is 11.1 Å². The molecule has 0 aliphatic heterocycles. The van der Waals surface area contributed by atoms with Crippen molar-refractivity contribution >= 4 is 17.2 Å². The minimum atomic E-state index is -0.417. The zero-order valence-electron chi connectivity index (χ0n) is 9.87. The highest BCUT2D eigenvalue weighted by Crippen LogP contribution is 2.26. The number of carbonyl (C=O) groups excluding carboxylic acids is 1. The zero-order valence-corrected chi connectivity index (χ0v) is 10.7. The van der Waals surface area contributed by atoms with Crippen molar-refractivity contribution in [2.24, 2.45) is 5.73 Å². The van der Waals surface area contributed by atoms with E-state index in [9.17, 15) is 4.79 Å². The molecule has 5 heteroatoms. The number of amides is 1. The SMILES string of the molecule is COCCNC(C(N)=O)c1cc(C)sc1C. The van der Waals surface area contributed by atoms with Gasteiger partial charge in [0.1, 0.15) is 6.04 Å². The summed E-state index contributed by atoms with van der Waals surface area (Å²) in [4.78, 5) is 13.7. The summed E-state index contributed by atoms with van der Waals surface area (Å²) in [6.07, 6.45) is 0. The van der Waals surface area contributed by atoms with E-state index in [2.05, 4.69) is 5.32 Å². The highest BCUT2D eigenvalue weighted by atomic mass is 32.1. The lowest BCUT2D eigenvalue weighted by Crippen LogP contribution is -2.35. The molecule has 4 nitrogen and oxygen atoms in total. The Morgan fingerprint density at radius 2 is 2.31 bits per heavy atom. The number of aryl methyl sites for hydroxylation is 2. The quantitative estimate of drug-likeness (QED) is 0.735. The van der Waals surface area contributed by atoms with Gasteiger partial charge in [-0.25, -0.2) is 0 Å². The second kappa shape index (κ2) is 5.98. The van der Waals surface area contributed by atoms with Crippen LogP contribution in [0.4, 0.5) is 0 Å². The predicted octanol–water partition coefficient (Wildman–Crippen LogP) is 1.13. The van der Waals surface area contributed by atoms with Gasteiger partial charge < -0.3 is 10.5 Å². The van der Waals surface area contributed by atoms with Gasteiger partial charge in [0.05, 0.1) is 6.61 Å². The van der Waals surface area contributed by atoms with Crippen molar-refractivity contribution in [2.45, 2.75) is 19.9 Å². The van der Waals surface area contributed by atoms with Crippen molar-refractivity contribution in [1.29, 1.82) is 0 Å². The number of carbonyl (C=O) groups is 1. The Kier molecular flexibility index (Phi) is 4.92. The van der Waals surface area contributed by atoms with Crippen molar-refractivity contribution in [1.82, 2.24) is 5.32 Å². The van der Waals surface area contributed by atoms with Crippen molar-refractivity contribution < 1.29 is 9.53 Å². The van der Waals surface area contributed by atoms with Crippen LogP contribution in [0.3, 0.4) is 0 Å². The summed E-state index contributed by atoms with van der Waals surface area (Å²) in [6.45, 7) is 5.19. The molecule has 1 unspecified atom stereocenters. The number of nitrogens with two attached hydrogens (primary N) is 1. The maximum absolute atomic E-state index is 11.4. The van der Waals surface area contributed by atoms with Gasteiger partial charge in [0, 0.05) is 23.4 Å². The fourth-order valence-electron chi connectivity index (χ4n) is 1.61. The predicted molar refractivity (Wildman–Crippen MR) is 65.6 cm³/mol. The second-order valence-electron chi connectivity index (χ2n) is 3.65. The first-order valence-corrected chi connectivity index (χ1v) is 5.96. The Labute approximate surface area is 99.8 Å². The highest BCUT2D eigenvalue weighted by Gasteiger charge is 2.20. The second-order valence-corrected chi connectivity index (χ2v) is 5.11. The van der Waals surface area contributed by atoms with Gasteiger partial charge >= 0.3 is 0 Å². The van der Waals surface area contributed by atoms with Gasteiger partial charge in [0.2, 0.25) is 5.91 Å². The molecular weight excluding hydrogens is 224 g/mol. The van der Waals surface area contributed by atoms with Crippen LogP contribution in [0.5, 0.6) is 0 Å². The summed E-state index contributed by atoms with van der Waals surface area (Å²) >= 11 is 1.68. The van der Waals surface area contributed by atoms with Gasteiger partial charge in [-0.15, -0.1) is 11.3 Å². The molecule has 0 spiro atoms. The molecule has 1 heterocycles. The first kappa shape index (κ1) is 13.2. The molecule has 0 aliphatic rings. The molecule has 1 amide bonds. The van der Waals surface area contributed by atoms with E-state index < -0.39 is 6.04 Å². The van der Waals surface area contributed by atoms with Gasteiger partial charge in [0.25, 0.3) is 0 Å². The van der Waals surface area contributed by atoms with Crippen LogP contribution in [0.1, 0.15) is 21.4 Å². The highest BCUT2D eigenvalue weighted by molar-refractivity contribution is 7.12. The van der Waals surface area contributed by atoms with Crippen molar-refractivity contribution in [3.05, 3.63) is 21.4 Å². The standard InChI is InChI=1S/C11H18N2O2S/c1-7-6-9(8(2)16-7)10(11(12)14)13-4-5-15-3/h6,10,13H,4-5H2,1-3H3,(H2,12,14). The average Bonchev–Trinajstić information content (AvgIpc) is 2.52. The lowest BCUT2D eigenvalue weighted by Gasteiger charge is -2.15. The van der Waals surface area contributed by atoms with E-state index in [-0.39, 0.29) is 5.91 Å². The molecule has 0 bridgehead atoms. The van der Waals surface area contributed by atoms with Crippen LogP contribution in [-0.2, 0) is 9.53 Å². The molecule has 0 radical (unpaired) electrons. The Hall–Kier alpha value is -0.910. The minimum absolute atomic E-state index is 0.350. The van der Waals surface area contributed by atoms with Crippen molar-refractivity contribution in [3.8, 4) is 0 Å². The number of ether oxygens (including phenoxy) is 1. The molecule has 90 valence electrons. The third-order valence-corrected chi connectivity index (χ3v) is 3.31. The van der Waals surface area contributed by atoms with Crippen LogP contribution >= 0.6 is 11.3 Å². The fourth-order valence-corrected chi connectivity index (χ4v) is 2.57. The van der Waals surface area contributed by atoms with E-state index >= 15 is 0 Å². The number of hydrogen-bond donors (Lipinski definition) is 2. The first-order chi connectivity index (χ1) is 7.56. The summed E-state index contributed by atoms with van der Waals surface area (Å²) < 4.78 is 4.93. The Balaban J connectivity index is 2.77. The molecule has 0 fully saturated rings. The van der Waals surface area contributed by atoms with Crippen molar-refractivity contribution in [2.75, 3.05) is 20.3 Å². The number of hydrogen-bond acceptors (Lipinski definition) is 4. The number of thiophene rings is 1. The largest absolute Gasteiger partial charge is 0.383 e. The zero-order chi connectivity index (χ0) is 12.1. The summed E-state index contributed by atoms with van der Waals surface area (Å²) in [5.74, 6) is -0.350. The van der Waals surface area contributed by atoms with Crippen LogP contribution in [0.15, 0.2) is 6.07 Å². The van der Waals surface area contributed by atoms with Crippen LogP contribution in [0.25, 0.3) is 0 Å². The molecule has 0 aromatic carbocycles. The summed E-state index contributed by atoms with van der Waals surface area (Å²) in [6, 6.07) is 1.59. The van der Waals surface area contributed by atoms with E-state index in [4.69, 9.17) is 10.5 Å². The summed E-state index contributed by atoms with van der Waals surface area (Å²) in [5.41, 5.74) is 6.37. The molecule has 3 N–H and O–H groups in total. The van der Waals surface area contributed by atoms with E-state index in [0.29, 0.717) is 13.2 Å². The van der Waals surface area contributed by atoms with E-state index in [1.807, 2.05) is 19.9 Å². The number of nitrogens with one attached hydrogen (secondary N) is 1. The topological polar surface area (TPSA) is 64.3 Å². The van der Waals surface area contributed by atoms with Crippen LogP contribution in [-0.4, -0.2) is 26.2 Å². The van der Waals surface area contributed by atoms with Gasteiger partial charge in [-0.3, -0.25) is 10.1 Å². The first-order valence-electron chi connectivity index (χ1n) is 5.14. The molecule has 0 aliphatic carbocycles. The number of rotatable bonds is 6. The molecule has 1 rings (SSSR count). The smallest absolute Gasteiger partial charge is 0.239 e. The van der Waals surface area contributed by atoms with Gasteiger partial charge in [0.15, 0.2) is 0 Å². The van der Waals surface area contributed by atoms with E-state index in [1.54, 1.807) is 18.4 Å². The van der Waals surface area contributed by atoms with Crippen LogP contribution in [0, 0.1) is 13.8 Å². The number of primary amides is 1. The Morgan fingerprint density at radius 3 is 2.75 bits per heavy atom. The molecule has 0 saturated heterocycles. The monoisotopic (exact) mass is 242 g/mol. The van der Waals surface area contributed by atoms with Gasteiger partial charge in [-0.1, -0.05) is 0 Å². The van der Waals surface area contributed by atoms with Crippen molar-refractivity contribution in [3.63, 3.8) is 0 Å². The molecule has 1 aromatic heterocycles. The maximum atomic E-state index is 11.4. The minimum Gasteiger partial charge on any atom is -0.383 e. The lowest BCUT2D eigenvalue weighted by molar-refractivity contribution is -0.120. The molecular formula is C11H18N2O2S. The number of methoxy groups -OCH3 is 1. The van der Waals surface area contributed by atoms with Crippen LogP contribution in [0.2, 0.25) is 0 Å². The molecule has 0 saturated carbocycles. The molecule has 16 heavy (non-hydrogen) atoms. The third-order valence-electron chi connectivity index (χ3n) is 2.33. The molecule has 1 atom stereocenters. The summed E-state index contributed by atoms with van der Waals surface area (Å²) in [5, 5.41) is 3.10. The van der Waals surface area contributed by atoms with E-state index in [1.165, 1.54) is 4.88 Å². The average molecular weight is 242 g/mol. The third kappa shape index (κ3) is 3.30. The normalized spacial score (nSPS) is 12.7.